The second kappa shape index (κ2) is 6.64. The number of non-ortho nitro benzene ring substituents is 1. The predicted molar refractivity (Wildman–Crippen MR) is 82.3 cm³/mol. The molecule has 21 heavy (non-hydrogen) atoms. The quantitative estimate of drug-likeness (QED) is 0.650. The Morgan fingerprint density at radius 3 is 2.71 bits per heavy atom. The Labute approximate surface area is 130 Å². The monoisotopic (exact) mass is 351 g/mol. The van der Waals surface area contributed by atoms with Crippen molar-refractivity contribution in [1.29, 1.82) is 0 Å². The molecular weight excluding hydrogens is 338 g/mol. The van der Waals surface area contributed by atoms with Gasteiger partial charge in [0.25, 0.3) is 5.69 Å². The van der Waals surface area contributed by atoms with Crippen LogP contribution in [0.2, 0.25) is 0 Å². The molecule has 1 heterocycles. The van der Waals surface area contributed by atoms with Crippen LogP contribution >= 0.6 is 15.9 Å². The number of hydrogen-bond acceptors (Lipinski definition) is 5. The van der Waals surface area contributed by atoms with E-state index in [9.17, 15) is 10.1 Å². The number of rotatable bonds is 5. The minimum Gasteiger partial charge on any atom is -0.455 e. The molecule has 0 radical (unpaired) electrons. The zero-order chi connectivity index (χ0) is 15.4. The number of nitrogens with zero attached hydrogens (tertiary/aromatic N) is 2. The molecule has 2 aromatic rings. The largest absolute Gasteiger partial charge is 0.455 e. The third kappa shape index (κ3) is 3.99. The van der Waals surface area contributed by atoms with E-state index in [1.807, 2.05) is 6.92 Å². The first-order chi connectivity index (χ1) is 9.99. The van der Waals surface area contributed by atoms with Crippen LogP contribution in [0.25, 0.3) is 0 Å². The van der Waals surface area contributed by atoms with Crippen molar-refractivity contribution in [3.63, 3.8) is 0 Å². The van der Waals surface area contributed by atoms with Gasteiger partial charge < -0.3 is 10.5 Å². The lowest BCUT2D eigenvalue weighted by atomic mass is 10.1. The molecule has 0 bridgehead atoms. The van der Waals surface area contributed by atoms with Gasteiger partial charge in [0, 0.05) is 16.6 Å². The normalized spacial score (nSPS) is 12.0. The highest BCUT2D eigenvalue weighted by Gasteiger charge is 2.11. The third-order valence-electron chi connectivity index (χ3n) is 2.88. The number of nitro groups is 1. The van der Waals surface area contributed by atoms with Gasteiger partial charge in [-0.15, -0.1) is 0 Å². The molecule has 0 spiro atoms. The van der Waals surface area contributed by atoms with E-state index in [1.54, 1.807) is 24.4 Å². The zero-order valence-corrected chi connectivity index (χ0v) is 12.9. The van der Waals surface area contributed by atoms with E-state index in [1.165, 1.54) is 12.1 Å². The highest BCUT2D eigenvalue weighted by Crippen LogP contribution is 2.29. The van der Waals surface area contributed by atoms with E-state index in [-0.39, 0.29) is 11.7 Å². The molecular formula is C14H14BrN3O3. The fraction of sp³-hybridized carbons (Fsp3) is 0.214. The first-order valence-corrected chi connectivity index (χ1v) is 7.13. The Kier molecular flexibility index (Phi) is 4.87. The van der Waals surface area contributed by atoms with Gasteiger partial charge in [-0.1, -0.05) is 22.9 Å². The summed E-state index contributed by atoms with van der Waals surface area (Å²) in [5, 5.41) is 10.8. The molecule has 0 aliphatic carbocycles. The van der Waals surface area contributed by atoms with Crippen LogP contribution in [-0.2, 0) is 0 Å². The lowest BCUT2D eigenvalue weighted by molar-refractivity contribution is -0.385. The number of benzene rings is 1. The van der Waals surface area contributed by atoms with Crippen LogP contribution < -0.4 is 10.5 Å². The van der Waals surface area contributed by atoms with Crippen molar-refractivity contribution in [2.24, 2.45) is 5.73 Å². The van der Waals surface area contributed by atoms with Crippen LogP contribution in [0.3, 0.4) is 0 Å². The van der Waals surface area contributed by atoms with Gasteiger partial charge >= 0.3 is 0 Å². The maximum Gasteiger partial charge on any atom is 0.274 e. The van der Waals surface area contributed by atoms with Gasteiger partial charge in [0.1, 0.15) is 11.5 Å². The van der Waals surface area contributed by atoms with Crippen molar-refractivity contribution in [3.05, 3.63) is 56.8 Å². The fourth-order valence-electron chi connectivity index (χ4n) is 1.73. The number of halogens is 1. The topological polar surface area (TPSA) is 91.3 Å². The molecule has 0 aliphatic heterocycles. The van der Waals surface area contributed by atoms with E-state index in [2.05, 4.69) is 20.9 Å². The lowest BCUT2D eigenvalue weighted by Gasteiger charge is -2.10. The van der Waals surface area contributed by atoms with Crippen molar-refractivity contribution in [3.8, 4) is 11.5 Å². The second-order valence-corrected chi connectivity index (χ2v) is 5.35. The summed E-state index contributed by atoms with van der Waals surface area (Å²) in [5.41, 5.74) is 6.62. The van der Waals surface area contributed by atoms with Gasteiger partial charge in [0.2, 0.25) is 0 Å². The number of ether oxygens (including phenoxy) is 1. The summed E-state index contributed by atoms with van der Waals surface area (Å²) in [7, 11) is 0. The number of nitrogens with two attached hydrogens (primary N) is 1. The third-order valence-corrected chi connectivity index (χ3v) is 3.34. The summed E-state index contributed by atoms with van der Waals surface area (Å²) in [6.07, 6.45) is 2.35. The molecule has 0 saturated heterocycles. The highest BCUT2D eigenvalue weighted by atomic mass is 79.9. The summed E-state index contributed by atoms with van der Waals surface area (Å²) in [5.74, 6) is 0.861. The Hall–Kier alpha value is -1.99. The lowest BCUT2D eigenvalue weighted by Crippen LogP contribution is -2.10. The van der Waals surface area contributed by atoms with E-state index in [0.29, 0.717) is 16.0 Å². The summed E-state index contributed by atoms with van der Waals surface area (Å²) in [6, 6.07) is 7.84. The van der Waals surface area contributed by atoms with E-state index in [0.717, 1.165) is 12.1 Å². The molecule has 0 amide bonds. The van der Waals surface area contributed by atoms with Crippen molar-refractivity contribution in [2.75, 3.05) is 0 Å². The smallest absolute Gasteiger partial charge is 0.274 e. The molecule has 7 heteroatoms. The Balaban J connectivity index is 2.20. The van der Waals surface area contributed by atoms with Crippen LogP contribution in [0.4, 0.5) is 5.69 Å². The van der Waals surface area contributed by atoms with Gasteiger partial charge in [-0.25, -0.2) is 0 Å². The van der Waals surface area contributed by atoms with Crippen molar-refractivity contribution < 1.29 is 9.66 Å². The molecule has 2 rings (SSSR count). The molecule has 0 fully saturated rings. The van der Waals surface area contributed by atoms with Gasteiger partial charge in [0.15, 0.2) is 0 Å². The van der Waals surface area contributed by atoms with Crippen LogP contribution in [-0.4, -0.2) is 9.91 Å². The fourth-order valence-corrected chi connectivity index (χ4v) is 2.19. The summed E-state index contributed by atoms with van der Waals surface area (Å²) >= 11 is 3.22. The molecule has 2 N–H and O–H groups in total. The molecule has 0 saturated carbocycles. The molecule has 110 valence electrons. The molecule has 1 atom stereocenters. The maximum absolute atomic E-state index is 10.8. The van der Waals surface area contributed by atoms with Crippen molar-refractivity contribution in [1.82, 2.24) is 4.98 Å². The number of pyridine rings is 1. The SMILES string of the molecule is CCC(N)c1ccc(Oc2cc(Br)cc([N+](=O)[O-])c2)cn1. The molecule has 0 aliphatic rings. The Morgan fingerprint density at radius 2 is 2.14 bits per heavy atom. The highest BCUT2D eigenvalue weighted by molar-refractivity contribution is 9.10. The van der Waals surface area contributed by atoms with E-state index in [4.69, 9.17) is 10.5 Å². The zero-order valence-electron chi connectivity index (χ0n) is 11.3. The summed E-state index contributed by atoms with van der Waals surface area (Å²) < 4.78 is 6.15. The van der Waals surface area contributed by atoms with Crippen LogP contribution in [0.1, 0.15) is 25.1 Å². The number of hydrogen-bond donors (Lipinski definition) is 1. The van der Waals surface area contributed by atoms with Crippen LogP contribution in [0.5, 0.6) is 11.5 Å². The van der Waals surface area contributed by atoms with E-state index < -0.39 is 4.92 Å². The minimum atomic E-state index is -0.473. The second-order valence-electron chi connectivity index (χ2n) is 4.44. The van der Waals surface area contributed by atoms with Gasteiger partial charge in [-0.2, -0.15) is 0 Å². The molecule has 1 aromatic carbocycles. The van der Waals surface area contributed by atoms with Gasteiger partial charge in [-0.05, 0) is 24.6 Å². The average Bonchev–Trinajstić information content (AvgIpc) is 2.46. The first kappa shape index (κ1) is 15.4. The Morgan fingerprint density at radius 1 is 1.38 bits per heavy atom. The summed E-state index contributed by atoms with van der Waals surface area (Å²) in [4.78, 5) is 14.6. The molecule has 1 unspecified atom stereocenters. The standard InChI is InChI=1S/C14H14BrN3O3/c1-2-13(16)14-4-3-11(8-17-14)21-12-6-9(15)5-10(7-12)18(19)20/h3-8,13H,2,16H2,1H3. The minimum absolute atomic E-state index is 0.0445. The van der Waals surface area contributed by atoms with Crippen molar-refractivity contribution >= 4 is 21.6 Å². The first-order valence-electron chi connectivity index (χ1n) is 6.34. The number of aromatic nitrogens is 1. The van der Waals surface area contributed by atoms with Crippen molar-refractivity contribution in [2.45, 2.75) is 19.4 Å². The maximum atomic E-state index is 10.8. The molecule has 1 aromatic heterocycles. The average molecular weight is 352 g/mol. The van der Waals surface area contributed by atoms with E-state index >= 15 is 0 Å². The van der Waals surface area contributed by atoms with Crippen LogP contribution in [0.15, 0.2) is 41.0 Å². The predicted octanol–water partition coefficient (Wildman–Crippen LogP) is 3.95. The van der Waals surface area contributed by atoms with Crippen LogP contribution in [0, 0.1) is 10.1 Å². The number of nitro benzene ring substituents is 1. The Bertz CT molecular complexity index is 646. The van der Waals surface area contributed by atoms with Gasteiger partial charge in [0.05, 0.1) is 22.9 Å². The summed E-state index contributed by atoms with van der Waals surface area (Å²) in [6.45, 7) is 1.98. The van der Waals surface area contributed by atoms with Gasteiger partial charge in [-0.3, -0.25) is 15.1 Å². The molecule has 6 nitrogen and oxygen atoms in total.